The molecular weight excluding hydrogens is 264 g/mol. The molecule has 2 aromatic carbocycles. The molecule has 0 aliphatic heterocycles. The number of nitrogen functional groups attached to an aromatic ring is 1. The summed E-state index contributed by atoms with van der Waals surface area (Å²) in [6.07, 6.45) is 0. The minimum atomic E-state index is -0.0877. The molecule has 21 heavy (non-hydrogen) atoms. The average Bonchev–Trinajstić information content (AvgIpc) is 2.48. The van der Waals surface area contributed by atoms with Crippen molar-refractivity contribution in [2.75, 3.05) is 24.7 Å². The normalized spacial score (nSPS) is 10.8. The molecule has 106 valence electrons. The van der Waals surface area contributed by atoms with E-state index in [2.05, 4.69) is 0 Å². The van der Waals surface area contributed by atoms with Crippen molar-refractivity contribution in [1.82, 2.24) is 0 Å². The van der Waals surface area contributed by atoms with E-state index in [1.807, 2.05) is 43.3 Å². The number of rotatable bonds is 2. The third-order valence-corrected chi connectivity index (χ3v) is 3.42. The van der Waals surface area contributed by atoms with Crippen LogP contribution in [0.3, 0.4) is 0 Å². The second-order valence-electron chi connectivity index (χ2n) is 5.17. The molecule has 0 aliphatic rings. The highest BCUT2D eigenvalue weighted by molar-refractivity contribution is 5.81. The topological polar surface area (TPSA) is 59.5 Å². The maximum Gasteiger partial charge on any atom is 0.193 e. The van der Waals surface area contributed by atoms with Crippen LogP contribution in [0.4, 0.5) is 11.4 Å². The molecule has 3 rings (SSSR count). The molecule has 0 aliphatic carbocycles. The third-order valence-electron chi connectivity index (χ3n) is 3.42. The summed E-state index contributed by atoms with van der Waals surface area (Å²) in [5.74, 6) is 0.558. The first kappa shape index (κ1) is 13.2. The summed E-state index contributed by atoms with van der Waals surface area (Å²) < 4.78 is 5.81. The zero-order chi connectivity index (χ0) is 15.0. The Balaban J connectivity index is 2.12. The van der Waals surface area contributed by atoms with Gasteiger partial charge in [-0.3, -0.25) is 4.79 Å². The third kappa shape index (κ3) is 2.48. The molecule has 0 unspecified atom stereocenters. The molecule has 4 nitrogen and oxygen atoms in total. The van der Waals surface area contributed by atoms with Crippen molar-refractivity contribution >= 4 is 22.3 Å². The van der Waals surface area contributed by atoms with Gasteiger partial charge in [0.2, 0.25) is 0 Å². The van der Waals surface area contributed by atoms with Crippen molar-refractivity contribution in [1.29, 1.82) is 0 Å². The maximum absolute atomic E-state index is 12.2. The minimum Gasteiger partial charge on any atom is -0.456 e. The average molecular weight is 280 g/mol. The summed E-state index contributed by atoms with van der Waals surface area (Å²) in [6.45, 7) is 0. The first-order valence-corrected chi connectivity index (χ1v) is 6.66. The fourth-order valence-electron chi connectivity index (χ4n) is 2.24. The second-order valence-corrected chi connectivity index (χ2v) is 5.17. The van der Waals surface area contributed by atoms with Crippen molar-refractivity contribution in [3.63, 3.8) is 0 Å². The fourth-order valence-corrected chi connectivity index (χ4v) is 2.24. The monoisotopic (exact) mass is 280 g/mol. The van der Waals surface area contributed by atoms with Crippen molar-refractivity contribution in [2.24, 2.45) is 0 Å². The molecule has 4 heteroatoms. The number of hydrogen-bond donors (Lipinski definition) is 1. The van der Waals surface area contributed by atoms with Gasteiger partial charge in [0.15, 0.2) is 5.43 Å². The lowest BCUT2D eigenvalue weighted by atomic mass is 10.1. The van der Waals surface area contributed by atoms with Gasteiger partial charge in [0, 0.05) is 37.1 Å². The highest BCUT2D eigenvalue weighted by Gasteiger charge is 2.07. The molecule has 0 saturated carbocycles. The van der Waals surface area contributed by atoms with Gasteiger partial charge in [-0.25, -0.2) is 0 Å². The quantitative estimate of drug-likeness (QED) is 0.733. The van der Waals surface area contributed by atoms with Crippen LogP contribution < -0.4 is 16.1 Å². The lowest BCUT2D eigenvalue weighted by Crippen LogP contribution is -2.08. The van der Waals surface area contributed by atoms with Gasteiger partial charge in [-0.15, -0.1) is 0 Å². The fraction of sp³-hybridized carbons (Fsp3) is 0.118. The Morgan fingerprint density at radius 2 is 1.71 bits per heavy atom. The van der Waals surface area contributed by atoms with Crippen molar-refractivity contribution in [2.45, 2.75) is 0 Å². The van der Waals surface area contributed by atoms with Gasteiger partial charge < -0.3 is 15.1 Å². The molecule has 0 saturated heterocycles. The van der Waals surface area contributed by atoms with E-state index in [4.69, 9.17) is 10.2 Å². The Labute approximate surface area is 122 Å². The molecule has 0 amide bonds. The first-order chi connectivity index (χ1) is 10.0. The standard InChI is InChI=1S/C17H16N2O2/c1-19(2)13-6-3-11(4-7-13)17-10-15(20)14-9-12(18)5-8-16(14)21-17/h3-10H,18H2,1-2H3. The van der Waals surface area contributed by atoms with Gasteiger partial charge in [0.1, 0.15) is 11.3 Å². The van der Waals surface area contributed by atoms with E-state index in [0.29, 0.717) is 22.4 Å². The maximum atomic E-state index is 12.2. The van der Waals surface area contributed by atoms with E-state index in [-0.39, 0.29) is 5.43 Å². The molecule has 0 bridgehead atoms. The van der Waals surface area contributed by atoms with Crippen molar-refractivity contribution in [3.05, 3.63) is 58.8 Å². The van der Waals surface area contributed by atoms with Gasteiger partial charge in [-0.05, 0) is 42.5 Å². The summed E-state index contributed by atoms with van der Waals surface area (Å²) in [4.78, 5) is 14.2. The second kappa shape index (κ2) is 4.98. The van der Waals surface area contributed by atoms with E-state index in [9.17, 15) is 4.79 Å². The molecular formula is C17H16N2O2. The van der Waals surface area contributed by atoms with Gasteiger partial charge in [0.05, 0.1) is 5.39 Å². The molecule has 0 atom stereocenters. The molecule has 1 aromatic heterocycles. The molecule has 0 fully saturated rings. The van der Waals surface area contributed by atoms with E-state index in [1.165, 1.54) is 6.07 Å². The molecule has 0 spiro atoms. The Kier molecular flexibility index (Phi) is 3.14. The number of nitrogens with zero attached hydrogens (tertiary/aromatic N) is 1. The lowest BCUT2D eigenvalue weighted by Gasteiger charge is -2.12. The van der Waals surface area contributed by atoms with Crippen molar-refractivity contribution in [3.8, 4) is 11.3 Å². The SMILES string of the molecule is CN(C)c1ccc(-c2cc(=O)c3cc(N)ccc3o2)cc1. The van der Waals surface area contributed by atoms with E-state index >= 15 is 0 Å². The number of hydrogen-bond acceptors (Lipinski definition) is 4. The summed E-state index contributed by atoms with van der Waals surface area (Å²) in [5, 5.41) is 0.503. The largest absolute Gasteiger partial charge is 0.456 e. The van der Waals surface area contributed by atoms with Gasteiger partial charge >= 0.3 is 0 Å². The highest BCUT2D eigenvalue weighted by atomic mass is 16.3. The summed E-state index contributed by atoms with van der Waals surface area (Å²) in [6, 6.07) is 14.5. The minimum absolute atomic E-state index is 0.0877. The van der Waals surface area contributed by atoms with Crippen LogP contribution in [0, 0.1) is 0 Å². The van der Waals surface area contributed by atoms with Crippen LogP contribution in [-0.4, -0.2) is 14.1 Å². The first-order valence-electron chi connectivity index (χ1n) is 6.66. The number of anilines is 2. The Morgan fingerprint density at radius 3 is 2.38 bits per heavy atom. The summed E-state index contributed by atoms with van der Waals surface area (Å²) in [5.41, 5.74) is 8.68. The van der Waals surface area contributed by atoms with Crippen LogP contribution in [0.1, 0.15) is 0 Å². The van der Waals surface area contributed by atoms with Crippen LogP contribution in [0.5, 0.6) is 0 Å². The zero-order valence-electron chi connectivity index (χ0n) is 12.0. The number of fused-ring (bicyclic) bond motifs is 1. The molecule has 1 heterocycles. The van der Waals surface area contributed by atoms with Crippen LogP contribution >= 0.6 is 0 Å². The Morgan fingerprint density at radius 1 is 1.00 bits per heavy atom. The molecule has 2 N–H and O–H groups in total. The Bertz CT molecular complexity index is 849. The Hall–Kier alpha value is -2.75. The van der Waals surface area contributed by atoms with Gasteiger partial charge in [-0.2, -0.15) is 0 Å². The predicted octanol–water partition coefficient (Wildman–Crippen LogP) is 3.11. The number of benzene rings is 2. The van der Waals surface area contributed by atoms with Gasteiger partial charge in [-0.1, -0.05) is 0 Å². The van der Waals surface area contributed by atoms with Gasteiger partial charge in [0.25, 0.3) is 0 Å². The smallest absolute Gasteiger partial charge is 0.193 e. The van der Waals surface area contributed by atoms with Crippen LogP contribution in [-0.2, 0) is 0 Å². The van der Waals surface area contributed by atoms with Crippen LogP contribution in [0.2, 0.25) is 0 Å². The van der Waals surface area contributed by atoms with E-state index in [0.717, 1.165) is 11.3 Å². The van der Waals surface area contributed by atoms with E-state index < -0.39 is 0 Å². The molecule has 0 radical (unpaired) electrons. The summed E-state index contributed by atoms with van der Waals surface area (Å²) >= 11 is 0. The molecule has 3 aromatic rings. The van der Waals surface area contributed by atoms with E-state index in [1.54, 1.807) is 18.2 Å². The van der Waals surface area contributed by atoms with Crippen molar-refractivity contribution < 1.29 is 4.42 Å². The van der Waals surface area contributed by atoms with Crippen LogP contribution in [0.25, 0.3) is 22.3 Å². The highest BCUT2D eigenvalue weighted by Crippen LogP contribution is 2.25. The van der Waals surface area contributed by atoms with Crippen LogP contribution in [0.15, 0.2) is 57.7 Å². The number of nitrogens with two attached hydrogens (primary N) is 1. The summed E-state index contributed by atoms with van der Waals surface area (Å²) in [7, 11) is 3.96. The predicted molar refractivity (Wildman–Crippen MR) is 86.7 cm³/mol. The zero-order valence-corrected chi connectivity index (χ0v) is 12.0. The lowest BCUT2D eigenvalue weighted by molar-refractivity contribution is 0.619.